The van der Waals surface area contributed by atoms with E-state index >= 15 is 0 Å². The zero-order valence-electron chi connectivity index (χ0n) is 41.0. The van der Waals surface area contributed by atoms with Crippen LogP contribution < -0.4 is 0 Å². The van der Waals surface area contributed by atoms with E-state index in [0.29, 0.717) is 0 Å². The van der Waals surface area contributed by atoms with Gasteiger partial charge in [-0.05, 0) is 139 Å². The van der Waals surface area contributed by atoms with Crippen molar-refractivity contribution in [2.75, 3.05) is 0 Å². The molecule has 0 bridgehead atoms. The molecule has 346 valence electrons. The Bertz CT molecular complexity index is 4300. The van der Waals surface area contributed by atoms with Gasteiger partial charge in [0.1, 0.15) is 0 Å². The zero-order chi connectivity index (χ0) is 48.6. The van der Waals surface area contributed by atoms with Crippen LogP contribution in [0.25, 0.3) is 88.5 Å². The molecule has 2 aromatic heterocycles. The van der Waals surface area contributed by atoms with Gasteiger partial charge in [0.25, 0.3) is 0 Å². The van der Waals surface area contributed by atoms with Gasteiger partial charge in [0.15, 0.2) is 0 Å². The zero-order valence-corrected chi connectivity index (χ0v) is 41.0. The van der Waals surface area contributed by atoms with Gasteiger partial charge in [0.05, 0.1) is 22.1 Å². The van der Waals surface area contributed by atoms with E-state index in [1.807, 2.05) is 0 Å². The number of para-hydroxylation sites is 3. The Hall–Kier alpha value is -8.98. The van der Waals surface area contributed by atoms with Gasteiger partial charge >= 0.3 is 0 Å². The van der Waals surface area contributed by atoms with Crippen molar-refractivity contribution in [3.8, 4) is 22.5 Å². The molecule has 1 aliphatic rings. The molecule has 0 aliphatic heterocycles. The van der Waals surface area contributed by atoms with Crippen molar-refractivity contribution in [1.82, 2.24) is 9.13 Å². The summed E-state index contributed by atoms with van der Waals surface area (Å²) in [6, 6.07) is 94.7. The number of benzene rings is 11. The largest absolute Gasteiger partial charge is 0.309 e. The Morgan fingerprint density at radius 1 is 0.397 bits per heavy atom. The Kier molecular flexibility index (Phi) is 10.0. The van der Waals surface area contributed by atoms with E-state index in [2.05, 4.69) is 284 Å². The van der Waals surface area contributed by atoms with Crippen LogP contribution in [0.15, 0.2) is 255 Å². The minimum absolute atomic E-state index is 0.0947. The minimum atomic E-state index is -0.0947. The number of hydrogen-bond donors (Lipinski definition) is 0. The third-order valence-electron chi connectivity index (χ3n) is 15.9. The molecule has 0 saturated heterocycles. The van der Waals surface area contributed by atoms with Crippen LogP contribution in [0.5, 0.6) is 0 Å². The maximum absolute atomic E-state index is 2.51. The van der Waals surface area contributed by atoms with E-state index in [1.165, 1.54) is 121 Å². The van der Waals surface area contributed by atoms with Gasteiger partial charge in [-0.3, -0.25) is 0 Å². The highest BCUT2D eigenvalue weighted by Crippen LogP contribution is 2.50. The quantitative estimate of drug-likeness (QED) is 0.128. The Labute approximate surface area is 426 Å². The third-order valence-corrected chi connectivity index (χ3v) is 15.9. The molecule has 2 nitrogen and oxygen atoms in total. The summed E-state index contributed by atoms with van der Waals surface area (Å²) in [5.41, 5.74) is 21.2. The van der Waals surface area contributed by atoms with E-state index < -0.39 is 0 Å². The summed E-state index contributed by atoms with van der Waals surface area (Å²) in [6.07, 6.45) is 3.23. The summed E-state index contributed by atoms with van der Waals surface area (Å²) >= 11 is 0. The lowest BCUT2D eigenvalue weighted by Gasteiger charge is -2.22. The van der Waals surface area contributed by atoms with Gasteiger partial charge in [0.2, 0.25) is 0 Å². The summed E-state index contributed by atoms with van der Waals surface area (Å²) < 4.78 is 4.92. The fourth-order valence-electron chi connectivity index (χ4n) is 12.3. The first kappa shape index (κ1) is 42.9. The lowest BCUT2D eigenvalue weighted by atomic mass is 9.82. The van der Waals surface area contributed by atoms with Crippen LogP contribution in [-0.4, -0.2) is 9.13 Å². The highest BCUT2D eigenvalue weighted by molar-refractivity contribution is 6.11. The second kappa shape index (κ2) is 17.1. The van der Waals surface area contributed by atoms with Gasteiger partial charge < -0.3 is 9.13 Å². The van der Waals surface area contributed by atoms with Gasteiger partial charge in [-0.1, -0.05) is 214 Å². The lowest BCUT2D eigenvalue weighted by molar-refractivity contribution is 0.660. The standard InChI is InChI=1S/C71H52N2/c1-71(2)65-27-15-12-24-57(65)58-39-36-56(46-66(58)71)73-68-29-17-14-26-60(68)62-38-35-54(45-70(62)73)64(41-48-20-8-4-9-21-48)52-33-31-49-42-51(32-30-50(49)43-52)63(40-47-18-6-3-7-19-47)53-34-37-61-59-25-13-16-28-67(59)72(69(61)44-53)55-22-10-5-11-23-55/h3-40,42-46,64H,41H2,1-2H3/b63-40-. The smallest absolute Gasteiger partial charge is 0.0547 e. The summed E-state index contributed by atoms with van der Waals surface area (Å²) in [5, 5.41) is 7.49. The van der Waals surface area contributed by atoms with Crippen molar-refractivity contribution in [2.24, 2.45) is 0 Å². The van der Waals surface area contributed by atoms with E-state index in [4.69, 9.17) is 0 Å². The molecule has 0 amide bonds. The van der Waals surface area contributed by atoms with Gasteiger partial charge in [0, 0.05) is 44.3 Å². The van der Waals surface area contributed by atoms with Crippen molar-refractivity contribution < 1.29 is 0 Å². The topological polar surface area (TPSA) is 9.86 Å². The average molecular weight is 933 g/mol. The highest BCUT2D eigenvalue weighted by Gasteiger charge is 2.35. The third kappa shape index (κ3) is 7.16. The molecule has 2 heterocycles. The molecule has 1 atom stereocenters. The molecule has 0 spiro atoms. The van der Waals surface area contributed by atoms with Crippen LogP contribution in [0, 0.1) is 0 Å². The predicted octanol–water partition coefficient (Wildman–Crippen LogP) is 18.3. The fourth-order valence-corrected chi connectivity index (χ4v) is 12.3. The molecule has 1 aliphatic carbocycles. The molecular weight excluding hydrogens is 881 g/mol. The molecule has 14 rings (SSSR count). The van der Waals surface area contributed by atoms with Crippen molar-refractivity contribution >= 4 is 66.0 Å². The number of nitrogens with zero attached hydrogens (tertiary/aromatic N) is 2. The van der Waals surface area contributed by atoms with Gasteiger partial charge in [-0.15, -0.1) is 0 Å². The summed E-state index contributed by atoms with van der Waals surface area (Å²) in [4.78, 5) is 0. The van der Waals surface area contributed by atoms with E-state index in [1.54, 1.807) is 0 Å². The lowest BCUT2D eigenvalue weighted by Crippen LogP contribution is -2.15. The first-order valence-corrected chi connectivity index (χ1v) is 25.7. The summed E-state index contributed by atoms with van der Waals surface area (Å²) in [7, 11) is 0. The first-order valence-electron chi connectivity index (χ1n) is 25.7. The highest BCUT2D eigenvalue weighted by atomic mass is 15.0. The van der Waals surface area contributed by atoms with E-state index in [-0.39, 0.29) is 11.3 Å². The normalized spacial score (nSPS) is 13.5. The maximum atomic E-state index is 2.51. The van der Waals surface area contributed by atoms with Crippen LogP contribution in [0.4, 0.5) is 0 Å². The van der Waals surface area contributed by atoms with E-state index in [0.717, 1.165) is 12.1 Å². The van der Waals surface area contributed by atoms with Gasteiger partial charge in [-0.2, -0.15) is 0 Å². The van der Waals surface area contributed by atoms with Crippen LogP contribution >= 0.6 is 0 Å². The van der Waals surface area contributed by atoms with E-state index in [9.17, 15) is 0 Å². The molecule has 0 fully saturated rings. The van der Waals surface area contributed by atoms with Crippen molar-refractivity contribution in [3.05, 3.63) is 299 Å². The fraction of sp³-hybridized carbons (Fsp3) is 0.0704. The van der Waals surface area contributed by atoms with Crippen LogP contribution in [-0.2, 0) is 11.8 Å². The predicted molar refractivity (Wildman–Crippen MR) is 308 cm³/mol. The summed E-state index contributed by atoms with van der Waals surface area (Å²) in [5.74, 6) is 0.118. The summed E-state index contributed by atoms with van der Waals surface area (Å²) in [6.45, 7) is 4.74. The monoisotopic (exact) mass is 932 g/mol. The Balaban J connectivity index is 0.891. The molecule has 0 saturated carbocycles. The minimum Gasteiger partial charge on any atom is -0.309 e. The van der Waals surface area contributed by atoms with Crippen molar-refractivity contribution in [1.29, 1.82) is 0 Å². The number of fused-ring (bicyclic) bond motifs is 10. The second-order valence-corrected chi connectivity index (χ2v) is 20.5. The molecule has 73 heavy (non-hydrogen) atoms. The Morgan fingerprint density at radius 2 is 0.932 bits per heavy atom. The molecular formula is C71H52N2. The second-order valence-electron chi connectivity index (χ2n) is 20.5. The molecule has 0 N–H and O–H groups in total. The number of hydrogen-bond acceptors (Lipinski definition) is 0. The molecule has 13 aromatic rings. The molecule has 11 aromatic carbocycles. The van der Waals surface area contributed by atoms with Crippen LogP contribution in [0.2, 0.25) is 0 Å². The van der Waals surface area contributed by atoms with Crippen molar-refractivity contribution in [2.45, 2.75) is 31.6 Å². The Morgan fingerprint density at radius 3 is 1.70 bits per heavy atom. The number of rotatable bonds is 9. The molecule has 1 unspecified atom stereocenters. The van der Waals surface area contributed by atoms with Crippen LogP contribution in [0.1, 0.15) is 64.3 Å². The molecule has 0 radical (unpaired) electrons. The average Bonchev–Trinajstić information content (AvgIpc) is 4.04. The SMILES string of the molecule is CC1(C)c2ccccc2-c2ccc(-n3c4ccccc4c4ccc(C(Cc5ccccc5)c5ccc6cc(/C(=C/c7ccccc7)c7ccc8c9ccccc9n(-c9ccccc9)c8c7)ccc6c5)cc43)cc21. The van der Waals surface area contributed by atoms with Crippen molar-refractivity contribution in [3.63, 3.8) is 0 Å². The van der Waals surface area contributed by atoms with Crippen LogP contribution in [0.3, 0.4) is 0 Å². The number of aromatic nitrogens is 2. The molecule has 2 heteroatoms. The first-order chi connectivity index (χ1) is 35.9. The maximum Gasteiger partial charge on any atom is 0.0547 e. The van der Waals surface area contributed by atoms with Gasteiger partial charge in [-0.25, -0.2) is 0 Å².